The van der Waals surface area contributed by atoms with Gasteiger partial charge in [0.1, 0.15) is 12.3 Å². The molecule has 3 aromatic rings. The maximum Gasteiger partial charge on any atom is 0.340 e. The number of esters is 1. The standard InChI is InChI=1S/C20H19ClN2O6S/c1-28-18-9-8-13(10-16(18)21)23(30(3,26)27)12-19(24)22-11-15(20(25)29-2)14-6-4-5-7-17(14)22/h4-11H,12H2,1-3H3. The van der Waals surface area contributed by atoms with E-state index in [0.29, 0.717) is 16.7 Å². The van der Waals surface area contributed by atoms with E-state index in [9.17, 15) is 18.0 Å². The van der Waals surface area contributed by atoms with Crippen molar-refractivity contribution in [3.63, 3.8) is 0 Å². The Morgan fingerprint density at radius 1 is 1.13 bits per heavy atom. The van der Waals surface area contributed by atoms with Crippen LogP contribution in [-0.4, -0.2) is 51.9 Å². The highest BCUT2D eigenvalue weighted by molar-refractivity contribution is 7.92. The molecule has 0 atom stereocenters. The fourth-order valence-electron chi connectivity index (χ4n) is 3.07. The largest absolute Gasteiger partial charge is 0.495 e. The lowest BCUT2D eigenvalue weighted by atomic mass is 10.2. The molecule has 0 bridgehead atoms. The number of benzene rings is 2. The van der Waals surface area contributed by atoms with Crippen LogP contribution in [0.1, 0.15) is 15.2 Å². The highest BCUT2D eigenvalue weighted by Crippen LogP contribution is 2.30. The summed E-state index contributed by atoms with van der Waals surface area (Å²) in [6.07, 6.45) is 2.34. The van der Waals surface area contributed by atoms with Gasteiger partial charge < -0.3 is 9.47 Å². The Morgan fingerprint density at radius 3 is 2.43 bits per heavy atom. The summed E-state index contributed by atoms with van der Waals surface area (Å²) in [5.74, 6) is -0.780. The molecule has 158 valence electrons. The summed E-state index contributed by atoms with van der Waals surface area (Å²) in [4.78, 5) is 25.2. The first-order valence-corrected chi connectivity index (χ1v) is 10.9. The van der Waals surface area contributed by atoms with Crippen LogP contribution < -0.4 is 9.04 Å². The molecule has 0 saturated heterocycles. The van der Waals surface area contributed by atoms with Crippen LogP contribution in [0.25, 0.3) is 10.9 Å². The van der Waals surface area contributed by atoms with E-state index in [1.807, 2.05) is 0 Å². The number of carbonyl (C=O) groups excluding carboxylic acids is 2. The first-order chi connectivity index (χ1) is 14.2. The third-order valence-electron chi connectivity index (χ3n) is 4.49. The fraction of sp³-hybridized carbons (Fsp3) is 0.200. The van der Waals surface area contributed by atoms with Crippen LogP contribution in [-0.2, 0) is 14.8 Å². The number of aromatic nitrogens is 1. The van der Waals surface area contributed by atoms with Gasteiger partial charge in [-0.15, -0.1) is 0 Å². The van der Waals surface area contributed by atoms with E-state index in [1.54, 1.807) is 24.3 Å². The first kappa shape index (κ1) is 21.7. The number of halogens is 1. The predicted molar refractivity (Wildman–Crippen MR) is 114 cm³/mol. The number of methoxy groups -OCH3 is 2. The van der Waals surface area contributed by atoms with E-state index in [0.717, 1.165) is 10.6 Å². The minimum Gasteiger partial charge on any atom is -0.495 e. The summed E-state index contributed by atoms with van der Waals surface area (Å²) < 4.78 is 36.9. The molecule has 1 heterocycles. The number of hydrogen-bond donors (Lipinski definition) is 0. The highest BCUT2D eigenvalue weighted by Gasteiger charge is 2.25. The molecule has 0 saturated carbocycles. The second kappa shape index (κ2) is 8.37. The number of carbonyl (C=O) groups is 2. The topological polar surface area (TPSA) is 94.9 Å². The van der Waals surface area contributed by atoms with Crippen LogP contribution in [0.4, 0.5) is 5.69 Å². The lowest BCUT2D eigenvalue weighted by Gasteiger charge is -2.22. The van der Waals surface area contributed by atoms with Gasteiger partial charge in [-0.3, -0.25) is 13.7 Å². The molecule has 0 spiro atoms. The lowest BCUT2D eigenvalue weighted by Crippen LogP contribution is -2.36. The van der Waals surface area contributed by atoms with Crippen LogP contribution in [0.5, 0.6) is 5.75 Å². The van der Waals surface area contributed by atoms with Gasteiger partial charge in [0.15, 0.2) is 0 Å². The van der Waals surface area contributed by atoms with E-state index in [1.165, 1.54) is 43.2 Å². The molecule has 0 aliphatic heterocycles. The van der Waals surface area contributed by atoms with Crippen molar-refractivity contribution < 1.29 is 27.5 Å². The monoisotopic (exact) mass is 450 g/mol. The third-order valence-corrected chi connectivity index (χ3v) is 5.92. The average Bonchev–Trinajstić information content (AvgIpc) is 3.10. The zero-order valence-electron chi connectivity index (χ0n) is 16.5. The normalized spacial score (nSPS) is 11.3. The van der Waals surface area contributed by atoms with Gasteiger partial charge in [-0.1, -0.05) is 29.8 Å². The zero-order valence-corrected chi connectivity index (χ0v) is 18.0. The van der Waals surface area contributed by atoms with Gasteiger partial charge in [0.25, 0.3) is 5.91 Å². The van der Waals surface area contributed by atoms with Crippen LogP contribution in [0, 0.1) is 0 Å². The summed E-state index contributed by atoms with van der Waals surface area (Å²) in [5.41, 5.74) is 0.880. The summed E-state index contributed by atoms with van der Waals surface area (Å²) >= 11 is 6.12. The predicted octanol–water partition coefficient (Wildman–Crippen LogP) is 3.20. The van der Waals surface area contributed by atoms with E-state index in [2.05, 4.69) is 0 Å². The number of hydrogen-bond acceptors (Lipinski definition) is 6. The molecule has 30 heavy (non-hydrogen) atoms. The van der Waals surface area contributed by atoms with Crippen molar-refractivity contribution in [1.82, 2.24) is 4.57 Å². The minimum atomic E-state index is -3.82. The second-order valence-corrected chi connectivity index (χ2v) is 8.72. The Morgan fingerprint density at radius 2 is 1.83 bits per heavy atom. The Kier molecular flexibility index (Phi) is 6.04. The summed E-state index contributed by atoms with van der Waals surface area (Å²) in [6.45, 7) is -0.499. The quantitative estimate of drug-likeness (QED) is 0.535. The molecule has 3 rings (SSSR count). The second-order valence-electron chi connectivity index (χ2n) is 6.40. The summed E-state index contributed by atoms with van der Waals surface area (Å²) in [6, 6.07) is 11.2. The lowest BCUT2D eigenvalue weighted by molar-refractivity contribution is 0.0603. The zero-order chi connectivity index (χ0) is 22.1. The Labute approximate surface area is 178 Å². The van der Waals surface area contributed by atoms with Gasteiger partial charge in [-0.05, 0) is 24.3 Å². The van der Waals surface area contributed by atoms with Gasteiger partial charge in [-0.2, -0.15) is 0 Å². The van der Waals surface area contributed by atoms with Crippen molar-refractivity contribution in [3.8, 4) is 5.75 Å². The van der Waals surface area contributed by atoms with Crippen LogP contribution >= 0.6 is 11.6 Å². The molecule has 8 nitrogen and oxygen atoms in total. The molecule has 1 aromatic heterocycles. The first-order valence-electron chi connectivity index (χ1n) is 8.70. The number of fused-ring (bicyclic) bond motifs is 1. The molecule has 0 amide bonds. The minimum absolute atomic E-state index is 0.204. The van der Waals surface area contributed by atoms with Crippen molar-refractivity contribution >= 4 is 50.1 Å². The summed E-state index contributed by atoms with van der Waals surface area (Å²) in [7, 11) is -1.13. The Hall–Kier alpha value is -3.04. The number of ether oxygens (including phenoxy) is 2. The van der Waals surface area contributed by atoms with Crippen molar-refractivity contribution in [2.24, 2.45) is 0 Å². The molecule has 0 unspecified atom stereocenters. The Balaban J connectivity index is 2.04. The molecule has 10 heteroatoms. The van der Waals surface area contributed by atoms with Crippen molar-refractivity contribution in [2.45, 2.75) is 0 Å². The maximum absolute atomic E-state index is 13.1. The Bertz CT molecular complexity index is 1240. The van der Waals surface area contributed by atoms with Crippen LogP contribution in [0.15, 0.2) is 48.7 Å². The number of anilines is 1. The van der Waals surface area contributed by atoms with Crippen LogP contribution in [0.2, 0.25) is 5.02 Å². The third kappa shape index (κ3) is 4.12. The molecule has 0 fully saturated rings. The molecular formula is C20H19ClN2O6S. The molecule has 2 aromatic carbocycles. The molecule has 0 aliphatic rings. The number of sulfonamides is 1. The molecule has 0 aliphatic carbocycles. The summed E-state index contributed by atoms with van der Waals surface area (Å²) in [5, 5.41) is 0.728. The fourth-order valence-corrected chi connectivity index (χ4v) is 4.16. The van der Waals surface area contributed by atoms with E-state index < -0.39 is 28.4 Å². The van der Waals surface area contributed by atoms with Gasteiger partial charge in [0.05, 0.1) is 42.3 Å². The van der Waals surface area contributed by atoms with Gasteiger partial charge in [0, 0.05) is 11.6 Å². The molecule has 0 radical (unpaired) electrons. The van der Waals surface area contributed by atoms with Crippen LogP contribution in [0.3, 0.4) is 0 Å². The van der Waals surface area contributed by atoms with E-state index >= 15 is 0 Å². The molecular weight excluding hydrogens is 432 g/mol. The smallest absolute Gasteiger partial charge is 0.340 e. The maximum atomic E-state index is 13.1. The van der Waals surface area contributed by atoms with E-state index in [4.69, 9.17) is 21.1 Å². The van der Waals surface area contributed by atoms with Gasteiger partial charge in [0.2, 0.25) is 10.0 Å². The van der Waals surface area contributed by atoms with Crippen molar-refractivity contribution in [3.05, 3.63) is 59.2 Å². The highest BCUT2D eigenvalue weighted by atomic mass is 35.5. The van der Waals surface area contributed by atoms with Crippen molar-refractivity contribution in [1.29, 1.82) is 0 Å². The van der Waals surface area contributed by atoms with Gasteiger partial charge in [-0.25, -0.2) is 13.2 Å². The number of nitrogens with zero attached hydrogens (tertiary/aromatic N) is 2. The SMILES string of the molecule is COC(=O)c1cn(C(=O)CN(c2ccc(OC)c(Cl)c2)S(C)(=O)=O)c2ccccc12. The number of para-hydroxylation sites is 1. The average molecular weight is 451 g/mol. The van der Waals surface area contributed by atoms with Crippen molar-refractivity contribution in [2.75, 3.05) is 31.3 Å². The molecule has 0 N–H and O–H groups in total. The number of rotatable bonds is 6. The van der Waals surface area contributed by atoms with E-state index in [-0.39, 0.29) is 16.3 Å². The van der Waals surface area contributed by atoms with Gasteiger partial charge >= 0.3 is 5.97 Å².